The third-order valence-corrected chi connectivity index (χ3v) is 4.42. The smallest absolute Gasteiger partial charge is 0.137 e. The van der Waals surface area contributed by atoms with E-state index in [4.69, 9.17) is 0 Å². The lowest BCUT2D eigenvalue weighted by molar-refractivity contribution is 0.113. The van der Waals surface area contributed by atoms with E-state index in [1.54, 1.807) is 12.1 Å². The highest BCUT2D eigenvalue weighted by molar-refractivity contribution is 9.10. The summed E-state index contributed by atoms with van der Waals surface area (Å²) in [7, 11) is 0. The lowest BCUT2D eigenvalue weighted by atomic mass is 9.93. The molecule has 3 rings (SSSR count). The Labute approximate surface area is 120 Å². The van der Waals surface area contributed by atoms with Crippen molar-refractivity contribution in [2.45, 2.75) is 18.9 Å². The molecule has 1 atom stereocenters. The Morgan fingerprint density at radius 3 is 2.32 bits per heavy atom. The third kappa shape index (κ3) is 2.45. The average Bonchev–Trinajstić information content (AvgIpc) is 2.85. The maximum atomic E-state index is 13.2. The number of aliphatic hydroxyl groups is 1. The zero-order valence-corrected chi connectivity index (χ0v) is 11.9. The highest BCUT2D eigenvalue weighted by Crippen LogP contribution is 2.36. The third-order valence-electron chi connectivity index (χ3n) is 3.81. The van der Waals surface area contributed by atoms with E-state index in [9.17, 15) is 9.50 Å². The van der Waals surface area contributed by atoms with E-state index in [1.165, 1.54) is 17.2 Å². The van der Waals surface area contributed by atoms with E-state index in [0.717, 1.165) is 18.4 Å². The molecule has 19 heavy (non-hydrogen) atoms. The second kappa shape index (κ2) is 5.06. The van der Waals surface area contributed by atoms with Gasteiger partial charge < -0.3 is 5.11 Å². The molecule has 1 nitrogen and oxygen atoms in total. The fourth-order valence-electron chi connectivity index (χ4n) is 2.78. The second-order valence-corrected chi connectivity index (χ2v) is 5.91. The predicted molar refractivity (Wildman–Crippen MR) is 76.4 cm³/mol. The van der Waals surface area contributed by atoms with Crippen LogP contribution in [0, 0.1) is 11.7 Å². The summed E-state index contributed by atoms with van der Waals surface area (Å²) >= 11 is 3.17. The molecule has 0 heterocycles. The van der Waals surface area contributed by atoms with E-state index in [-0.39, 0.29) is 11.7 Å². The molecule has 0 radical (unpaired) electrons. The summed E-state index contributed by atoms with van der Waals surface area (Å²) < 4.78 is 13.6. The number of hydrogen-bond acceptors (Lipinski definition) is 1. The van der Waals surface area contributed by atoms with Crippen LogP contribution in [-0.4, -0.2) is 5.11 Å². The first-order chi connectivity index (χ1) is 9.15. The van der Waals surface area contributed by atoms with Crippen molar-refractivity contribution >= 4 is 15.9 Å². The van der Waals surface area contributed by atoms with Crippen LogP contribution in [0.3, 0.4) is 0 Å². The van der Waals surface area contributed by atoms with Crippen molar-refractivity contribution in [3.05, 3.63) is 69.4 Å². The van der Waals surface area contributed by atoms with Gasteiger partial charge in [-0.25, -0.2) is 4.39 Å². The lowest BCUT2D eigenvalue weighted by Crippen LogP contribution is -2.13. The molecule has 2 aromatic rings. The van der Waals surface area contributed by atoms with Gasteiger partial charge in [-0.15, -0.1) is 0 Å². The van der Waals surface area contributed by atoms with Crippen LogP contribution in [0.2, 0.25) is 0 Å². The van der Waals surface area contributed by atoms with Crippen molar-refractivity contribution in [1.29, 1.82) is 0 Å². The second-order valence-electron chi connectivity index (χ2n) is 5.06. The number of rotatable bonds is 2. The topological polar surface area (TPSA) is 20.2 Å². The molecule has 0 bridgehead atoms. The Morgan fingerprint density at radius 2 is 1.74 bits per heavy atom. The van der Waals surface area contributed by atoms with Crippen LogP contribution in [0.5, 0.6) is 0 Å². The van der Waals surface area contributed by atoms with Gasteiger partial charge in [-0.1, -0.05) is 30.3 Å². The van der Waals surface area contributed by atoms with Gasteiger partial charge in [0.2, 0.25) is 0 Å². The van der Waals surface area contributed by atoms with Crippen LogP contribution in [0.4, 0.5) is 4.39 Å². The summed E-state index contributed by atoms with van der Waals surface area (Å²) in [5.74, 6) is -0.125. The van der Waals surface area contributed by atoms with Crippen molar-refractivity contribution in [2.24, 2.45) is 5.92 Å². The summed E-state index contributed by atoms with van der Waals surface area (Å²) in [6, 6.07) is 13.0. The van der Waals surface area contributed by atoms with Crippen molar-refractivity contribution in [1.82, 2.24) is 0 Å². The van der Waals surface area contributed by atoms with Gasteiger partial charge in [0.25, 0.3) is 0 Å². The van der Waals surface area contributed by atoms with Crippen molar-refractivity contribution < 1.29 is 9.50 Å². The molecule has 0 amide bonds. The lowest BCUT2D eigenvalue weighted by Gasteiger charge is -2.18. The Balaban J connectivity index is 1.82. The molecule has 0 aliphatic heterocycles. The van der Waals surface area contributed by atoms with Crippen molar-refractivity contribution in [3.63, 3.8) is 0 Å². The first-order valence-electron chi connectivity index (χ1n) is 6.35. The van der Waals surface area contributed by atoms with Gasteiger partial charge in [-0.05, 0) is 63.5 Å². The van der Waals surface area contributed by atoms with Gasteiger partial charge in [0.15, 0.2) is 0 Å². The molecular formula is C16H14BrFO. The summed E-state index contributed by atoms with van der Waals surface area (Å²) in [5, 5.41) is 10.5. The summed E-state index contributed by atoms with van der Waals surface area (Å²) in [5.41, 5.74) is 3.39. The van der Waals surface area contributed by atoms with Gasteiger partial charge in [0.05, 0.1) is 10.6 Å². The molecule has 98 valence electrons. The number of halogens is 2. The maximum Gasteiger partial charge on any atom is 0.137 e. The zero-order chi connectivity index (χ0) is 13.4. The van der Waals surface area contributed by atoms with Crippen LogP contribution in [0.1, 0.15) is 22.8 Å². The molecule has 0 saturated heterocycles. The zero-order valence-electron chi connectivity index (χ0n) is 10.3. The molecule has 1 N–H and O–H groups in total. The minimum atomic E-state index is -0.552. The highest BCUT2D eigenvalue weighted by atomic mass is 79.9. The van der Waals surface area contributed by atoms with Crippen LogP contribution < -0.4 is 0 Å². The molecule has 0 aromatic heterocycles. The SMILES string of the molecule is OC(c1ccc(F)c(Br)c1)C1Cc2ccccc2C1. The minimum absolute atomic E-state index is 0.176. The van der Waals surface area contributed by atoms with E-state index < -0.39 is 6.10 Å². The molecule has 2 aromatic carbocycles. The van der Waals surface area contributed by atoms with Gasteiger partial charge in [-0.2, -0.15) is 0 Å². The Kier molecular flexibility index (Phi) is 3.42. The quantitative estimate of drug-likeness (QED) is 0.885. The van der Waals surface area contributed by atoms with Gasteiger partial charge in [0, 0.05) is 0 Å². The number of benzene rings is 2. The average molecular weight is 321 g/mol. The summed E-state index contributed by atoms with van der Waals surface area (Å²) in [6.07, 6.45) is 1.21. The molecule has 3 heteroatoms. The standard InChI is InChI=1S/C16H14BrFO/c17-14-9-12(5-6-15(14)18)16(19)13-7-10-3-1-2-4-11(10)8-13/h1-6,9,13,16,19H,7-8H2. The molecule has 1 unspecified atom stereocenters. The Bertz CT molecular complexity index is 586. The molecule has 0 saturated carbocycles. The van der Waals surface area contributed by atoms with Crippen LogP contribution in [0.25, 0.3) is 0 Å². The van der Waals surface area contributed by atoms with Crippen molar-refractivity contribution in [2.75, 3.05) is 0 Å². The first kappa shape index (κ1) is 12.8. The molecule has 0 spiro atoms. The largest absolute Gasteiger partial charge is 0.388 e. The van der Waals surface area contributed by atoms with E-state index in [2.05, 4.69) is 28.1 Å². The minimum Gasteiger partial charge on any atom is -0.388 e. The number of aliphatic hydroxyl groups excluding tert-OH is 1. The monoisotopic (exact) mass is 320 g/mol. The number of hydrogen-bond donors (Lipinski definition) is 1. The van der Waals surface area contributed by atoms with Gasteiger partial charge in [0.1, 0.15) is 5.82 Å². The Morgan fingerprint density at radius 1 is 1.11 bits per heavy atom. The van der Waals surface area contributed by atoms with Crippen LogP contribution in [0.15, 0.2) is 46.9 Å². The van der Waals surface area contributed by atoms with E-state index in [1.807, 2.05) is 12.1 Å². The van der Waals surface area contributed by atoms with Crippen LogP contribution in [-0.2, 0) is 12.8 Å². The Hall–Kier alpha value is -1.19. The van der Waals surface area contributed by atoms with Gasteiger partial charge in [-0.3, -0.25) is 0 Å². The first-order valence-corrected chi connectivity index (χ1v) is 7.14. The van der Waals surface area contributed by atoms with E-state index >= 15 is 0 Å². The normalized spacial score (nSPS) is 16.4. The van der Waals surface area contributed by atoms with Crippen molar-refractivity contribution in [3.8, 4) is 0 Å². The highest BCUT2D eigenvalue weighted by Gasteiger charge is 2.28. The summed E-state index contributed by atoms with van der Waals surface area (Å²) in [4.78, 5) is 0. The fourth-order valence-corrected chi connectivity index (χ4v) is 3.18. The maximum absolute atomic E-state index is 13.2. The molecule has 1 aliphatic carbocycles. The molecule has 1 aliphatic rings. The molecule has 0 fully saturated rings. The molecular weight excluding hydrogens is 307 g/mol. The van der Waals surface area contributed by atoms with Crippen LogP contribution >= 0.6 is 15.9 Å². The van der Waals surface area contributed by atoms with Gasteiger partial charge >= 0.3 is 0 Å². The predicted octanol–water partition coefficient (Wildman–Crippen LogP) is 4.04. The fraction of sp³-hybridized carbons (Fsp3) is 0.250. The van der Waals surface area contributed by atoms with E-state index in [0.29, 0.717) is 4.47 Å². The number of fused-ring (bicyclic) bond motifs is 1. The summed E-state index contributed by atoms with van der Waals surface area (Å²) in [6.45, 7) is 0.